The van der Waals surface area contributed by atoms with E-state index in [4.69, 9.17) is 5.73 Å². The third kappa shape index (κ3) is 3.80. The number of hydrogen-bond donors (Lipinski definition) is 1. The minimum absolute atomic E-state index is 0.276. The Hall–Kier alpha value is -1.46. The first kappa shape index (κ1) is 15.9. The maximum atomic E-state index is 12.9. The number of nitrogens with zero attached hydrogens (tertiary/aromatic N) is 2. The zero-order chi connectivity index (χ0) is 15.6. The Bertz CT molecular complexity index is 480. The Kier molecular flexibility index (Phi) is 4.64. The van der Waals surface area contributed by atoms with Crippen LogP contribution in [0.2, 0.25) is 0 Å². The van der Waals surface area contributed by atoms with Gasteiger partial charge < -0.3 is 10.6 Å². The highest BCUT2D eigenvalue weighted by molar-refractivity contribution is 5.67. The molecule has 1 aromatic rings. The van der Waals surface area contributed by atoms with Crippen molar-refractivity contribution in [3.05, 3.63) is 18.0 Å². The van der Waals surface area contributed by atoms with Crippen LogP contribution in [-0.4, -0.2) is 17.6 Å². The highest BCUT2D eigenvalue weighted by atomic mass is 19.4. The van der Waals surface area contributed by atoms with E-state index in [9.17, 15) is 13.2 Å². The number of alkyl halides is 3. The van der Waals surface area contributed by atoms with E-state index in [0.29, 0.717) is 23.8 Å². The summed E-state index contributed by atoms with van der Waals surface area (Å²) in [6, 6.07) is 1.37. The zero-order valence-electron chi connectivity index (χ0n) is 12.5. The number of anilines is 2. The quantitative estimate of drug-likeness (QED) is 0.911. The highest BCUT2D eigenvalue weighted by Crippen LogP contribution is 2.36. The fourth-order valence-electron chi connectivity index (χ4n) is 2.91. The van der Waals surface area contributed by atoms with Crippen LogP contribution in [-0.2, 0) is 6.18 Å². The molecule has 0 atom stereocenters. The molecule has 2 N–H and O–H groups in total. The molecule has 21 heavy (non-hydrogen) atoms. The molecule has 6 heteroatoms. The molecular formula is C15H22F3N3. The number of nitrogen functional groups attached to an aromatic ring is 1. The van der Waals surface area contributed by atoms with Crippen molar-refractivity contribution in [1.29, 1.82) is 0 Å². The van der Waals surface area contributed by atoms with Crippen molar-refractivity contribution in [3.63, 3.8) is 0 Å². The SMILES string of the molecule is CC(C)CN(c1cc(C(F)(F)F)ncc1N)C1CCCC1. The smallest absolute Gasteiger partial charge is 0.396 e. The van der Waals surface area contributed by atoms with Crippen molar-refractivity contribution in [3.8, 4) is 0 Å². The van der Waals surface area contributed by atoms with Gasteiger partial charge in [0.15, 0.2) is 0 Å². The fourth-order valence-corrected chi connectivity index (χ4v) is 2.91. The standard InChI is InChI=1S/C15H22F3N3/c1-10(2)9-21(11-5-3-4-6-11)13-7-14(15(16,17)18)20-8-12(13)19/h7-8,10-11H,3-6,9,19H2,1-2H3. The van der Waals surface area contributed by atoms with Gasteiger partial charge in [0.25, 0.3) is 0 Å². The second-order valence-electron chi connectivity index (χ2n) is 6.11. The normalized spacial score (nSPS) is 16.7. The minimum Gasteiger partial charge on any atom is -0.396 e. The Morgan fingerprint density at radius 2 is 1.95 bits per heavy atom. The van der Waals surface area contributed by atoms with Crippen molar-refractivity contribution < 1.29 is 13.2 Å². The molecule has 0 radical (unpaired) electrons. The summed E-state index contributed by atoms with van der Waals surface area (Å²) >= 11 is 0. The van der Waals surface area contributed by atoms with Gasteiger partial charge in [-0.2, -0.15) is 13.2 Å². The summed E-state index contributed by atoms with van der Waals surface area (Å²) in [4.78, 5) is 5.47. The number of nitrogens with two attached hydrogens (primary N) is 1. The van der Waals surface area contributed by atoms with Gasteiger partial charge in [0.1, 0.15) is 5.69 Å². The van der Waals surface area contributed by atoms with E-state index < -0.39 is 11.9 Å². The summed E-state index contributed by atoms with van der Waals surface area (Å²) in [5.74, 6) is 0.354. The summed E-state index contributed by atoms with van der Waals surface area (Å²) in [7, 11) is 0. The van der Waals surface area contributed by atoms with Gasteiger partial charge in [-0.25, -0.2) is 4.98 Å². The second-order valence-corrected chi connectivity index (χ2v) is 6.11. The molecule has 1 heterocycles. The topological polar surface area (TPSA) is 42.2 Å². The van der Waals surface area contributed by atoms with Gasteiger partial charge in [-0.05, 0) is 24.8 Å². The lowest BCUT2D eigenvalue weighted by atomic mass is 10.1. The molecule has 2 rings (SSSR count). The van der Waals surface area contributed by atoms with Gasteiger partial charge in [-0.15, -0.1) is 0 Å². The van der Waals surface area contributed by atoms with E-state index in [1.54, 1.807) is 0 Å². The van der Waals surface area contributed by atoms with Gasteiger partial charge >= 0.3 is 6.18 Å². The molecule has 1 aliphatic carbocycles. The van der Waals surface area contributed by atoms with Crippen LogP contribution in [0.1, 0.15) is 45.2 Å². The Labute approximate surface area is 123 Å². The third-order valence-electron chi connectivity index (χ3n) is 3.84. The lowest BCUT2D eigenvalue weighted by Crippen LogP contribution is -2.37. The average molecular weight is 301 g/mol. The van der Waals surface area contributed by atoms with Crippen LogP contribution < -0.4 is 10.6 Å². The first-order valence-electron chi connectivity index (χ1n) is 7.38. The molecule has 0 saturated heterocycles. The van der Waals surface area contributed by atoms with Gasteiger partial charge in [-0.1, -0.05) is 26.7 Å². The molecule has 1 fully saturated rings. The number of aromatic nitrogens is 1. The molecule has 0 aliphatic heterocycles. The summed E-state index contributed by atoms with van der Waals surface area (Å²) < 4.78 is 38.6. The van der Waals surface area contributed by atoms with Crippen LogP contribution >= 0.6 is 0 Å². The molecule has 0 bridgehead atoms. The summed E-state index contributed by atoms with van der Waals surface area (Å²) in [6.07, 6.45) is 0.945. The number of halogens is 3. The first-order chi connectivity index (χ1) is 9.79. The lowest BCUT2D eigenvalue weighted by molar-refractivity contribution is -0.141. The molecule has 118 valence electrons. The monoisotopic (exact) mass is 301 g/mol. The fraction of sp³-hybridized carbons (Fsp3) is 0.667. The zero-order valence-corrected chi connectivity index (χ0v) is 12.5. The maximum absolute atomic E-state index is 12.9. The van der Waals surface area contributed by atoms with E-state index in [1.165, 1.54) is 0 Å². The average Bonchev–Trinajstić information content (AvgIpc) is 2.88. The molecule has 0 aromatic carbocycles. The number of pyridine rings is 1. The molecule has 1 aromatic heterocycles. The van der Waals surface area contributed by atoms with Gasteiger partial charge in [-0.3, -0.25) is 0 Å². The van der Waals surface area contributed by atoms with Crippen LogP contribution in [0.3, 0.4) is 0 Å². The third-order valence-corrected chi connectivity index (χ3v) is 3.84. The van der Waals surface area contributed by atoms with Crippen LogP contribution in [0, 0.1) is 5.92 Å². The minimum atomic E-state index is -4.44. The summed E-state index contributed by atoms with van der Waals surface area (Å²) in [5, 5.41) is 0. The molecule has 0 amide bonds. The molecule has 1 aliphatic rings. The van der Waals surface area contributed by atoms with Crippen LogP contribution in [0.4, 0.5) is 24.5 Å². The van der Waals surface area contributed by atoms with E-state index in [1.807, 2.05) is 4.90 Å². The Balaban J connectivity index is 2.38. The van der Waals surface area contributed by atoms with E-state index in [2.05, 4.69) is 18.8 Å². The van der Waals surface area contributed by atoms with Crippen LogP contribution in [0.5, 0.6) is 0 Å². The summed E-state index contributed by atoms with van der Waals surface area (Å²) in [6.45, 7) is 4.82. The number of rotatable bonds is 4. The van der Waals surface area contributed by atoms with E-state index in [0.717, 1.165) is 37.9 Å². The maximum Gasteiger partial charge on any atom is 0.433 e. The predicted molar refractivity (Wildman–Crippen MR) is 78.1 cm³/mol. The van der Waals surface area contributed by atoms with Crippen molar-refractivity contribution >= 4 is 11.4 Å². The Morgan fingerprint density at radius 1 is 1.33 bits per heavy atom. The van der Waals surface area contributed by atoms with Gasteiger partial charge in [0.05, 0.1) is 17.6 Å². The molecule has 1 saturated carbocycles. The van der Waals surface area contributed by atoms with Crippen molar-refractivity contribution in [2.75, 3.05) is 17.2 Å². The molecular weight excluding hydrogens is 279 g/mol. The van der Waals surface area contributed by atoms with Crippen LogP contribution in [0.15, 0.2) is 12.3 Å². The number of hydrogen-bond acceptors (Lipinski definition) is 3. The highest BCUT2D eigenvalue weighted by Gasteiger charge is 2.34. The van der Waals surface area contributed by atoms with E-state index >= 15 is 0 Å². The first-order valence-corrected chi connectivity index (χ1v) is 7.38. The van der Waals surface area contributed by atoms with Crippen molar-refractivity contribution in [2.24, 2.45) is 5.92 Å². The largest absolute Gasteiger partial charge is 0.433 e. The van der Waals surface area contributed by atoms with Gasteiger partial charge in [0.2, 0.25) is 0 Å². The summed E-state index contributed by atoms with van der Waals surface area (Å²) in [5.41, 5.74) is 5.81. The molecule has 0 spiro atoms. The Morgan fingerprint density at radius 3 is 2.48 bits per heavy atom. The van der Waals surface area contributed by atoms with Crippen molar-refractivity contribution in [2.45, 2.75) is 51.7 Å². The lowest BCUT2D eigenvalue weighted by Gasteiger charge is -2.34. The van der Waals surface area contributed by atoms with Crippen LogP contribution in [0.25, 0.3) is 0 Å². The second kappa shape index (κ2) is 6.12. The molecule has 3 nitrogen and oxygen atoms in total. The van der Waals surface area contributed by atoms with E-state index in [-0.39, 0.29) is 6.04 Å². The van der Waals surface area contributed by atoms with Crippen molar-refractivity contribution in [1.82, 2.24) is 4.98 Å². The molecule has 0 unspecified atom stereocenters. The van der Waals surface area contributed by atoms with Gasteiger partial charge in [0, 0.05) is 12.6 Å². The predicted octanol–water partition coefficient (Wildman–Crippen LogP) is 4.09.